The highest BCUT2D eigenvalue weighted by Crippen LogP contribution is 2.25. The van der Waals surface area contributed by atoms with E-state index in [1.807, 2.05) is 0 Å². The largest absolute Gasteiger partial charge is 0.465 e. The average Bonchev–Trinajstić information content (AvgIpc) is 2.26. The van der Waals surface area contributed by atoms with E-state index in [1.54, 1.807) is 6.92 Å². The van der Waals surface area contributed by atoms with Crippen molar-refractivity contribution in [2.45, 2.75) is 6.92 Å². The van der Waals surface area contributed by atoms with Crippen LogP contribution in [0.3, 0.4) is 0 Å². The van der Waals surface area contributed by atoms with Gasteiger partial charge in [0.25, 0.3) is 0 Å². The molecular weight excluding hydrogens is 230 g/mol. The number of hydrogen-bond donors (Lipinski definition) is 2. The summed E-state index contributed by atoms with van der Waals surface area (Å²) >= 11 is 0. The SMILES string of the molecule is CCOC(=O)CNc1ncnc(N)c1[N+](=O)[O-]. The molecule has 1 aromatic heterocycles. The molecule has 3 N–H and O–H groups in total. The lowest BCUT2D eigenvalue weighted by molar-refractivity contribution is -0.383. The van der Waals surface area contributed by atoms with Crippen molar-refractivity contribution in [1.82, 2.24) is 9.97 Å². The number of carbonyl (C=O) groups excluding carboxylic acids is 1. The summed E-state index contributed by atoms with van der Waals surface area (Å²) in [4.78, 5) is 28.2. The van der Waals surface area contributed by atoms with Crippen molar-refractivity contribution in [1.29, 1.82) is 0 Å². The highest BCUT2D eigenvalue weighted by Gasteiger charge is 2.21. The lowest BCUT2D eigenvalue weighted by Gasteiger charge is -2.06. The second-order valence-electron chi connectivity index (χ2n) is 2.87. The Morgan fingerprint density at radius 2 is 2.35 bits per heavy atom. The summed E-state index contributed by atoms with van der Waals surface area (Å²) in [6.45, 7) is 1.66. The number of nitrogens with two attached hydrogens (primary N) is 1. The first-order chi connectivity index (χ1) is 8.06. The topological polar surface area (TPSA) is 133 Å². The normalized spacial score (nSPS) is 9.71. The first kappa shape index (κ1) is 12.6. The van der Waals surface area contributed by atoms with E-state index in [2.05, 4.69) is 20.0 Å². The summed E-state index contributed by atoms with van der Waals surface area (Å²) in [5.41, 5.74) is 4.88. The molecule has 0 aromatic carbocycles. The minimum atomic E-state index is -0.719. The summed E-state index contributed by atoms with van der Waals surface area (Å²) in [5, 5.41) is 13.2. The Labute approximate surface area is 96.1 Å². The van der Waals surface area contributed by atoms with Crippen molar-refractivity contribution < 1.29 is 14.5 Å². The van der Waals surface area contributed by atoms with Gasteiger partial charge in [0.2, 0.25) is 11.6 Å². The van der Waals surface area contributed by atoms with Crippen LogP contribution >= 0.6 is 0 Å². The van der Waals surface area contributed by atoms with E-state index < -0.39 is 16.6 Å². The zero-order valence-corrected chi connectivity index (χ0v) is 9.04. The number of esters is 1. The highest BCUT2D eigenvalue weighted by atomic mass is 16.6. The summed E-state index contributed by atoms with van der Waals surface area (Å²) in [7, 11) is 0. The van der Waals surface area contributed by atoms with Gasteiger partial charge in [-0.3, -0.25) is 14.9 Å². The third-order valence-corrected chi connectivity index (χ3v) is 1.74. The van der Waals surface area contributed by atoms with Crippen LogP contribution in [0.2, 0.25) is 0 Å². The van der Waals surface area contributed by atoms with Gasteiger partial charge in [0.1, 0.15) is 12.9 Å². The Bertz CT molecular complexity index is 436. The number of anilines is 2. The van der Waals surface area contributed by atoms with Crippen LogP contribution in [0.1, 0.15) is 6.92 Å². The van der Waals surface area contributed by atoms with Crippen molar-refractivity contribution in [3.63, 3.8) is 0 Å². The van der Waals surface area contributed by atoms with E-state index in [-0.39, 0.29) is 24.8 Å². The van der Waals surface area contributed by atoms with Gasteiger partial charge in [-0.05, 0) is 6.92 Å². The van der Waals surface area contributed by atoms with Crippen LogP contribution in [0.25, 0.3) is 0 Å². The van der Waals surface area contributed by atoms with Crippen LogP contribution in [0, 0.1) is 10.1 Å². The van der Waals surface area contributed by atoms with Gasteiger partial charge in [0.15, 0.2) is 0 Å². The molecule has 0 bridgehead atoms. The summed E-state index contributed by atoms with van der Waals surface area (Å²) in [5.74, 6) is -0.925. The third kappa shape index (κ3) is 3.26. The number of nitrogen functional groups attached to an aromatic ring is 1. The van der Waals surface area contributed by atoms with E-state index in [0.29, 0.717) is 0 Å². The van der Waals surface area contributed by atoms with Gasteiger partial charge in [-0.15, -0.1) is 0 Å². The highest BCUT2D eigenvalue weighted by molar-refractivity contribution is 5.77. The number of carbonyl (C=O) groups is 1. The predicted octanol–water partition coefficient (Wildman–Crippen LogP) is -0.0580. The minimum Gasteiger partial charge on any atom is -0.465 e. The van der Waals surface area contributed by atoms with Crippen molar-refractivity contribution >= 4 is 23.3 Å². The lowest BCUT2D eigenvalue weighted by atomic mass is 10.4. The maximum absolute atomic E-state index is 11.1. The van der Waals surface area contributed by atoms with E-state index >= 15 is 0 Å². The molecule has 1 heterocycles. The number of ether oxygens (including phenoxy) is 1. The Morgan fingerprint density at radius 1 is 1.65 bits per heavy atom. The molecule has 0 unspecified atom stereocenters. The molecule has 17 heavy (non-hydrogen) atoms. The Morgan fingerprint density at radius 3 is 2.94 bits per heavy atom. The fourth-order valence-electron chi connectivity index (χ4n) is 1.07. The number of rotatable bonds is 5. The summed E-state index contributed by atoms with van der Waals surface area (Å²) in [6, 6.07) is 0. The molecule has 9 nitrogen and oxygen atoms in total. The van der Waals surface area contributed by atoms with Crippen LogP contribution in [0.5, 0.6) is 0 Å². The average molecular weight is 241 g/mol. The van der Waals surface area contributed by atoms with Crippen LogP contribution in [-0.4, -0.2) is 34.0 Å². The molecule has 0 aliphatic heterocycles. The zero-order valence-electron chi connectivity index (χ0n) is 9.04. The van der Waals surface area contributed by atoms with Gasteiger partial charge in [-0.25, -0.2) is 9.97 Å². The molecule has 1 aromatic rings. The molecule has 0 amide bonds. The quantitative estimate of drug-likeness (QED) is 0.416. The third-order valence-electron chi connectivity index (χ3n) is 1.74. The maximum Gasteiger partial charge on any atom is 0.352 e. The van der Waals surface area contributed by atoms with E-state index in [1.165, 1.54) is 0 Å². The number of aromatic nitrogens is 2. The second-order valence-corrected chi connectivity index (χ2v) is 2.87. The van der Waals surface area contributed by atoms with Crippen LogP contribution in [0.4, 0.5) is 17.3 Å². The van der Waals surface area contributed by atoms with Crippen molar-refractivity contribution in [2.24, 2.45) is 0 Å². The van der Waals surface area contributed by atoms with Gasteiger partial charge in [0.05, 0.1) is 11.5 Å². The Kier molecular flexibility index (Phi) is 4.14. The van der Waals surface area contributed by atoms with Crippen molar-refractivity contribution in [3.05, 3.63) is 16.4 Å². The molecule has 92 valence electrons. The number of nitrogens with one attached hydrogen (secondary N) is 1. The predicted molar refractivity (Wildman–Crippen MR) is 58.2 cm³/mol. The molecule has 1 rings (SSSR count). The van der Waals surface area contributed by atoms with Crippen molar-refractivity contribution in [3.8, 4) is 0 Å². The fraction of sp³-hybridized carbons (Fsp3) is 0.375. The molecule has 0 saturated carbocycles. The van der Waals surface area contributed by atoms with Gasteiger partial charge in [-0.1, -0.05) is 0 Å². The lowest BCUT2D eigenvalue weighted by Crippen LogP contribution is -2.18. The minimum absolute atomic E-state index is 0.115. The molecule has 9 heteroatoms. The first-order valence-electron chi connectivity index (χ1n) is 4.70. The molecule has 0 saturated heterocycles. The fourth-order valence-corrected chi connectivity index (χ4v) is 1.07. The number of hydrogen-bond acceptors (Lipinski definition) is 8. The van der Waals surface area contributed by atoms with Gasteiger partial charge < -0.3 is 15.8 Å². The van der Waals surface area contributed by atoms with E-state index in [0.717, 1.165) is 6.33 Å². The molecule has 0 aliphatic rings. The molecule has 0 aliphatic carbocycles. The molecular formula is C8H11N5O4. The number of nitro groups is 1. The molecule has 0 fully saturated rings. The Balaban J connectivity index is 2.81. The Hall–Kier alpha value is -2.45. The molecule has 0 radical (unpaired) electrons. The van der Waals surface area contributed by atoms with Gasteiger partial charge >= 0.3 is 11.7 Å². The van der Waals surface area contributed by atoms with Crippen LogP contribution in [-0.2, 0) is 9.53 Å². The van der Waals surface area contributed by atoms with Crippen LogP contribution in [0.15, 0.2) is 6.33 Å². The van der Waals surface area contributed by atoms with E-state index in [9.17, 15) is 14.9 Å². The van der Waals surface area contributed by atoms with Crippen LogP contribution < -0.4 is 11.1 Å². The zero-order chi connectivity index (χ0) is 12.8. The van der Waals surface area contributed by atoms with E-state index in [4.69, 9.17) is 5.73 Å². The standard InChI is InChI=1S/C8H11N5O4/c1-2-17-5(14)3-10-8-6(13(15)16)7(9)11-4-12-8/h4H,2-3H2,1H3,(H3,9,10,11,12). The second kappa shape index (κ2) is 5.58. The summed E-state index contributed by atoms with van der Waals surface area (Å²) in [6.07, 6.45) is 1.07. The van der Waals surface area contributed by atoms with Gasteiger partial charge in [-0.2, -0.15) is 0 Å². The number of nitrogens with zero attached hydrogens (tertiary/aromatic N) is 3. The molecule has 0 atom stereocenters. The summed E-state index contributed by atoms with van der Waals surface area (Å²) < 4.78 is 4.65. The first-order valence-corrected chi connectivity index (χ1v) is 4.70. The maximum atomic E-state index is 11.1. The smallest absolute Gasteiger partial charge is 0.352 e. The monoisotopic (exact) mass is 241 g/mol. The molecule has 0 spiro atoms. The van der Waals surface area contributed by atoms with Crippen molar-refractivity contribution in [2.75, 3.05) is 24.2 Å². The van der Waals surface area contributed by atoms with Gasteiger partial charge in [0, 0.05) is 0 Å².